The third-order valence-corrected chi connectivity index (χ3v) is 2.49. The van der Waals surface area contributed by atoms with Crippen LogP contribution in [0.4, 0.5) is 17.6 Å². The summed E-state index contributed by atoms with van der Waals surface area (Å²) >= 11 is 0. The van der Waals surface area contributed by atoms with E-state index >= 15 is 0 Å². The van der Waals surface area contributed by atoms with Gasteiger partial charge in [-0.1, -0.05) is 17.7 Å². The first-order valence-electron chi connectivity index (χ1n) is 6.51. The van der Waals surface area contributed by atoms with E-state index in [1.165, 1.54) is 5.56 Å². The predicted molar refractivity (Wildman–Crippen MR) is 79.6 cm³/mol. The molecule has 20 heavy (non-hydrogen) atoms. The molecule has 0 aliphatic carbocycles. The molecule has 6 heteroatoms. The first kappa shape index (κ1) is 14.0. The molecule has 0 spiro atoms. The number of aromatic nitrogens is 3. The van der Waals surface area contributed by atoms with E-state index in [1.807, 2.05) is 45.0 Å². The van der Waals surface area contributed by atoms with Gasteiger partial charge >= 0.3 is 6.01 Å². The maximum Gasteiger partial charge on any atom is 0.323 e. The van der Waals surface area contributed by atoms with Gasteiger partial charge in [-0.15, -0.1) is 0 Å². The molecule has 0 unspecified atom stereocenters. The summed E-state index contributed by atoms with van der Waals surface area (Å²) in [6.07, 6.45) is 0.00864. The van der Waals surface area contributed by atoms with Crippen LogP contribution in [0.25, 0.3) is 0 Å². The normalized spacial score (nSPS) is 10.4. The Morgan fingerprint density at radius 3 is 2.25 bits per heavy atom. The summed E-state index contributed by atoms with van der Waals surface area (Å²) in [5.41, 5.74) is 2.12. The molecule has 2 rings (SSSR count). The van der Waals surface area contributed by atoms with Gasteiger partial charge in [-0.05, 0) is 32.9 Å². The van der Waals surface area contributed by atoms with Crippen LogP contribution in [0.15, 0.2) is 24.3 Å². The van der Waals surface area contributed by atoms with E-state index in [9.17, 15) is 0 Å². The fourth-order valence-electron chi connectivity index (χ4n) is 1.55. The average molecular weight is 273 g/mol. The molecule has 6 nitrogen and oxygen atoms in total. The summed E-state index contributed by atoms with van der Waals surface area (Å²) in [6.45, 7) is 5.90. The molecule has 0 aliphatic rings. The van der Waals surface area contributed by atoms with Gasteiger partial charge in [0, 0.05) is 12.7 Å². The molecular weight excluding hydrogens is 254 g/mol. The van der Waals surface area contributed by atoms with E-state index in [0.29, 0.717) is 17.9 Å². The highest BCUT2D eigenvalue weighted by Gasteiger charge is 2.08. The van der Waals surface area contributed by atoms with E-state index in [2.05, 4.69) is 25.6 Å². The van der Waals surface area contributed by atoms with Crippen molar-refractivity contribution >= 4 is 17.6 Å². The minimum Gasteiger partial charge on any atom is -0.461 e. The van der Waals surface area contributed by atoms with E-state index in [4.69, 9.17) is 4.74 Å². The first-order chi connectivity index (χ1) is 9.56. The molecule has 0 atom stereocenters. The molecule has 0 bridgehead atoms. The summed E-state index contributed by atoms with van der Waals surface area (Å²) in [7, 11) is 1.75. The van der Waals surface area contributed by atoms with E-state index in [1.54, 1.807) is 7.05 Å². The summed E-state index contributed by atoms with van der Waals surface area (Å²) in [6, 6.07) is 8.29. The van der Waals surface area contributed by atoms with E-state index < -0.39 is 0 Å². The molecule has 0 aliphatic heterocycles. The van der Waals surface area contributed by atoms with Crippen molar-refractivity contribution in [1.29, 1.82) is 0 Å². The Morgan fingerprint density at radius 2 is 1.65 bits per heavy atom. The van der Waals surface area contributed by atoms with Crippen LogP contribution in [0.1, 0.15) is 19.4 Å². The highest BCUT2D eigenvalue weighted by Crippen LogP contribution is 2.17. The lowest BCUT2D eigenvalue weighted by Gasteiger charge is -2.11. The zero-order valence-electron chi connectivity index (χ0n) is 12.1. The van der Waals surface area contributed by atoms with Gasteiger partial charge in [0.15, 0.2) is 0 Å². The zero-order chi connectivity index (χ0) is 14.5. The van der Waals surface area contributed by atoms with Crippen LogP contribution in [0.3, 0.4) is 0 Å². The lowest BCUT2D eigenvalue weighted by Crippen LogP contribution is -2.11. The summed E-state index contributed by atoms with van der Waals surface area (Å²) in [4.78, 5) is 12.6. The molecular formula is C14H19N5O. The smallest absolute Gasteiger partial charge is 0.323 e. The quantitative estimate of drug-likeness (QED) is 0.872. The number of nitrogens with zero attached hydrogens (tertiary/aromatic N) is 3. The number of benzene rings is 1. The second kappa shape index (κ2) is 6.18. The fraction of sp³-hybridized carbons (Fsp3) is 0.357. The van der Waals surface area contributed by atoms with Gasteiger partial charge in [0.05, 0.1) is 6.10 Å². The van der Waals surface area contributed by atoms with Crippen molar-refractivity contribution in [3.05, 3.63) is 29.8 Å². The molecule has 0 saturated heterocycles. The highest BCUT2D eigenvalue weighted by atomic mass is 16.5. The van der Waals surface area contributed by atoms with Gasteiger partial charge in [0.2, 0.25) is 11.9 Å². The van der Waals surface area contributed by atoms with Crippen LogP contribution >= 0.6 is 0 Å². The van der Waals surface area contributed by atoms with Gasteiger partial charge in [0.25, 0.3) is 0 Å². The molecule has 1 aromatic carbocycles. The van der Waals surface area contributed by atoms with Crippen molar-refractivity contribution in [2.75, 3.05) is 17.7 Å². The van der Waals surface area contributed by atoms with Crippen molar-refractivity contribution in [1.82, 2.24) is 15.0 Å². The number of hydrogen-bond acceptors (Lipinski definition) is 6. The van der Waals surface area contributed by atoms with Gasteiger partial charge in [-0.2, -0.15) is 15.0 Å². The summed E-state index contributed by atoms with van der Waals surface area (Å²) in [5.74, 6) is 0.911. The summed E-state index contributed by atoms with van der Waals surface area (Å²) < 4.78 is 5.51. The Morgan fingerprint density at radius 1 is 1.00 bits per heavy atom. The highest BCUT2D eigenvalue weighted by molar-refractivity contribution is 5.54. The molecule has 1 heterocycles. The molecule has 0 amide bonds. The molecule has 106 valence electrons. The first-order valence-corrected chi connectivity index (χ1v) is 6.51. The van der Waals surface area contributed by atoms with Crippen molar-refractivity contribution in [3.63, 3.8) is 0 Å². The SMILES string of the molecule is CNc1nc(Nc2ccc(C)cc2)nc(OC(C)C)n1. The van der Waals surface area contributed by atoms with Gasteiger partial charge in [-0.25, -0.2) is 0 Å². The number of anilines is 3. The number of ether oxygens (including phenoxy) is 1. The van der Waals surface area contributed by atoms with Crippen molar-refractivity contribution in [2.45, 2.75) is 26.9 Å². The second-order valence-electron chi connectivity index (χ2n) is 4.67. The lowest BCUT2D eigenvalue weighted by molar-refractivity contribution is 0.222. The van der Waals surface area contributed by atoms with Crippen molar-refractivity contribution in [2.24, 2.45) is 0 Å². The fourth-order valence-corrected chi connectivity index (χ4v) is 1.55. The standard InChI is InChI=1S/C14H19N5O/c1-9(2)20-14-18-12(15-4)17-13(19-14)16-11-7-5-10(3)6-8-11/h5-9H,1-4H3,(H2,15,16,17,18,19). The van der Waals surface area contributed by atoms with Gasteiger partial charge < -0.3 is 15.4 Å². The molecule has 0 radical (unpaired) electrons. The van der Waals surface area contributed by atoms with E-state index in [-0.39, 0.29) is 6.10 Å². The Balaban J connectivity index is 2.23. The van der Waals surface area contributed by atoms with Crippen LogP contribution in [-0.2, 0) is 0 Å². The van der Waals surface area contributed by atoms with Crippen LogP contribution < -0.4 is 15.4 Å². The number of aryl methyl sites for hydroxylation is 1. The Bertz CT molecular complexity index is 568. The topological polar surface area (TPSA) is 72.0 Å². The third-order valence-electron chi connectivity index (χ3n) is 2.49. The van der Waals surface area contributed by atoms with Crippen molar-refractivity contribution in [3.8, 4) is 6.01 Å². The molecule has 2 aromatic rings. The van der Waals surface area contributed by atoms with E-state index in [0.717, 1.165) is 5.69 Å². The zero-order valence-corrected chi connectivity index (χ0v) is 12.1. The van der Waals surface area contributed by atoms with Crippen LogP contribution in [0.5, 0.6) is 6.01 Å². The maximum atomic E-state index is 5.51. The average Bonchev–Trinajstić information content (AvgIpc) is 2.40. The lowest BCUT2D eigenvalue weighted by atomic mass is 10.2. The van der Waals surface area contributed by atoms with Gasteiger partial charge in [-0.3, -0.25) is 0 Å². The Labute approximate surface area is 118 Å². The largest absolute Gasteiger partial charge is 0.461 e. The van der Waals surface area contributed by atoms with Crippen LogP contribution in [-0.4, -0.2) is 28.1 Å². The maximum absolute atomic E-state index is 5.51. The molecule has 0 saturated carbocycles. The number of nitrogens with one attached hydrogen (secondary N) is 2. The monoisotopic (exact) mass is 273 g/mol. The molecule has 1 aromatic heterocycles. The number of hydrogen-bond donors (Lipinski definition) is 2. The van der Waals surface area contributed by atoms with Gasteiger partial charge in [0.1, 0.15) is 0 Å². The second-order valence-corrected chi connectivity index (χ2v) is 4.67. The number of rotatable bonds is 5. The Kier molecular flexibility index (Phi) is 4.34. The van der Waals surface area contributed by atoms with Crippen LogP contribution in [0.2, 0.25) is 0 Å². The third kappa shape index (κ3) is 3.81. The molecule has 0 fully saturated rings. The minimum atomic E-state index is 0.00864. The molecule has 2 N–H and O–H groups in total. The minimum absolute atomic E-state index is 0.00864. The Hall–Kier alpha value is -2.37. The van der Waals surface area contributed by atoms with Crippen molar-refractivity contribution < 1.29 is 4.74 Å². The summed E-state index contributed by atoms with van der Waals surface area (Å²) in [5, 5.41) is 6.03. The van der Waals surface area contributed by atoms with Crippen LogP contribution in [0, 0.1) is 6.92 Å². The predicted octanol–water partition coefficient (Wildman–Crippen LogP) is 2.75.